The minimum Gasteiger partial charge on any atom is -0.444 e. The number of aldehydes is 1. The molecule has 0 aromatic carbocycles. The van der Waals surface area contributed by atoms with Gasteiger partial charge in [0.05, 0.1) is 23.9 Å². The molecule has 0 atom stereocenters. The summed E-state index contributed by atoms with van der Waals surface area (Å²) in [5.74, 6) is 4.56. The van der Waals surface area contributed by atoms with Crippen LogP contribution in [0.2, 0.25) is 0 Å². The molecule has 6 aromatic heterocycles. The molecule has 22 heteroatoms. The summed E-state index contributed by atoms with van der Waals surface area (Å²) in [4.78, 5) is 76.1. The number of amides is 1. The minimum atomic E-state index is -4.64. The van der Waals surface area contributed by atoms with Gasteiger partial charge in [-0.15, -0.1) is 0 Å². The van der Waals surface area contributed by atoms with Gasteiger partial charge in [0.2, 0.25) is 6.29 Å². The van der Waals surface area contributed by atoms with Crippen LogP contribution in [0.1, 0.15) is 103 Å². The normalized spacial score (nSPS) is 16.2. The second kappa shape index (κ2) is 20.0. The average molecular weight is 931 g/mol. The fourth-order valence-electron chi connectivity index (χ4n) is 8.56. The minimum absolute atomic E-state index is 0.00431. The number of nitrogens with zero attached hydrogens (tertiary/aromatic N) is 9. The Morgan fingerprint density at radius 3 is 1.67 bits per heavy atom. The summed E-state index contributed by atoms with van der Waals surface area (Å²) < 4.78 is 47.6. The molecule has 2 saturated heterocycles. The molecule has 0 spiro atoms. The summed E-state index contributed by atoms with van der Waals surface area (Å²) in [6.07, 6.45) is 6.86. The number of ketones is 2. The summed E-state index contributed by atoms with van der Waals surface area (Å²) >= 11 is 0. The molecule has 19 nitrogen and oxygen atoms in total. The smallest absolute Gasteiger partial charge is 0.444 e. The Hall–Kier alpha value is -6.71. The molecule has 4 aliphatic heterocycles. The molecule has 0 aliphatic carbocycles. The van der Waals surface area contributed by atoms with Gasteiger partial charge >= 0.3 is 12.3 Å². The molecule has 10 rings (SSSR count). The van der Waals surface area contributed by atoms with Gasteiger partial charge in [-0.05, 0) is 83.5 Å². The first-order valence-electron chi connectivity index (χ1n) is 22.4. The van der Waals surface area contributed by atoms with Crippen LogP contribution in [0.4, 0.5) is 29.6 Å². The maximum Gasteiger partial charge on any atom is 0.446 e. The molecule has 10 heterocycles. The molecule has 0 saturated carbocycles. The van der Waals surface area contributed by atoms with Crippen LogP contribution in [-0.2, 0) is 35.5 Å². The second-order valence-electron chi connectivity index (χ2n) is 18.1. The van der Waals surface area contributed by atoms with Gasteiger partial charge in [-0.25, -0.2) is 24.7 Å². The number of carbonyl (C=O) groups is 4. The number of carbonyl (C=O) groups excluding carboxylic acids is 4. The topological polar surface area (TPSA) is 234 Å². The zero-order valence-corrected chi connectivity index (χ0v) is 37.5. The Balaban J connectivity index is 0.000000165. The molecule has 3 N–H and O–H groups in total. The van der Waals surface area contributed by atoms with Crippen molar-refractivity contribution in [1.82, 2.24) is 50.4 Å². The van der Waals surface area contributed by atoms with Crippen LogP contribution in [0.5, 0.6) is 0 Å². The van der Waals surface area contributed by atoms with E-state index in [0.717, 1.165) is 121 Å². The van der Waals surface area contributed by atoms with Crippen LogP contribution in [0.25, 0.3) is 22.1 Å². The number of H-pyrrole nitrogens is 2. The lowest BCUT2D eigenvalue weighted by Gasteiger charge is -2.39. The van der Waals surface area contributed by atoms with Crippen LogP contribution in [-0.4, -0.2) is 120 Å². The number of ether oxygens (including phenoxy) is 1. The summed E-state index contributed by atoms with van der Waals surface area (Å²) in [6, 6.07) is 3.94. The number of Topliss-reactive ketones (excluding diaryl/α,β-unsaturated/α-hetero) is 2. The number of likely N-dealkylation sites (tertiary alicyclic amines) is 1. The summed E-state index contributed by atoms with van der Waals surface area (Å²) in [7, 11) is 0. The van der Waals surface area contributed by atoms with Crippen molar-refractivity contribution >= 4 is 57.6 Å². The average Bonchev–Trinajstić information content (AvgIpc) is 4.10. The van der Waals surface area contributed by atoms with Gasteiger partial charge < -0.3 is 43.8 Å². The number of halogens is 3. The van der Waals surface area contributed by atoms with Crippen LogP contribution in [0, 0.1) is 11.8 Å². The van der Waals surface area contributed by atoms with Gasteiger partial charge in [-0.3, -0.25) is 14.4 Å². The van der Waals surface area contributed by atoms with Crippen molar-refractivity contribution in [3.63, 3.8) is 0 Å². The number of anilines is 2. The third kappa shape index (κ3) is 11.3. The predicted octanol–water partition coefficient (Wildman–Crippen LogP) is 6.56. The van der Waals surface area contributed by atoms with Crippen LogP contribution >= 0.6 is 0 Å². The number of hydrogen-bond acceptors (Lipinski definition) is 16. The fourth-order valence-corrected chi connectivity index (χ4v) is 8.56. The van der Waals surface area contributed by atoms with Crippen molar-refractivity contribution in [1.29, 1.82) is 0 Å². The van der Waals surface area contributed by atoms with E-state index in [4.69, 9.17) is 18.6 Å². The fraction of sp³-hybridized carbons (Fsp3) is 0.511. The van der Waals surface area contributed by atoms with Gasteiger partial charge in [0, 0.05) is 75.4 Å². The van der Waals surface area contributed by atoms with Crippen LogP contribution in [0.15, 0.2) is 46.2 Å². The van der Waals surface area contributed by atoms with E-state index in [2.05, 4.69) is 55.3 Å². The van der Waals surface area contributed by atoms with E-state index in [1.54, 1.807) is 17.6 Å². The first-order chi connectivity index (χ1) is 32.1. The first-order valence-corrected chi connectivity index (χ1v) is 22.4. The highest BCUT2D eigenvalue weighted by atomic mass is 19.4. The third-order valence-electron chi connectivity index (χ3n) is 12.1. The van der Waals surface area contributed by atoms with E-state index in [0.29, 0.717) is 62.7 Å². The highest BCUT2D eigenvalue weighted by molar-refractivity contribution is 5.97. The molecule has 67 heavy (non-hydrogen) atoms. The highest BCUT2D eigenvalue weighted by Gasteiger charge is 2.35. The second-order valence-corrected chi connectivity index (χ2v) is 18.1. The molecule has 0 bridgehead atoms. The number of fused-ring (bicyclic) bond motifs is 4. The number of hydrogen-bond donors (Lipinski definition) is 3. The Morgan fingerprint density at radius 1 is 0.761 bits per heavy atom. The van der Waals surface area contributed by atoms with E-state index in [9.17, 15) is 27.6 Å². The molecule has 4 aliphatic rings. The molecule has 6 aromatic rings. The molecule has 356 valence electrons. The van der Waals surface area contributed by atoms with Crippen molar-refractivity contribution in [2.24, 2.45) is 11.8 Å². The molecule has 0 unspecified atom stereocenters. The van der Waals surface area contributed by atoms with E-state index in [-0.39, 0.29) is 17.7 Å². The van der Waals surface area contributed by atoms with Gasteiger partial charge in [0.15, 0.2) is 23.0 Å². The van der Waals surface area contributed by atoms with Gasteiger partial charge in [0.1, 0.15) is 52.7 Å². The highest BCUT2D eigenvalue weighted by Crippen LogP contribution is 2.32. The number of rotatable bonds is 12. The monoisotopic (exact) mass is 930 g/mol. The van der Waals surface area contributed by atoms with E-state index in [1.807, 2.05) is 45.3 Å². The Bertz CT molecular complexity index is 2690. The largest absolute Gasteiger partial charge is 0.446 e. The van der Waals surface area contributed by atoms with Crippen molar-refractivity contribution in [2.45, 2.75) is 97.0 Å². The van der Waals surface area contributed by atoms with E-state index >= 15 is 0 Å². The molecular weight excluding hydrogens is 878 g/mol. The number of alkyl halides is 3. The Kier molecular flexibility index (Phi) is 14.0. The number of aromatic amines is 2. The van der Waals surface area contributed by atoms with Crippen molar-refractivity contribution in [3.8, 4) is 0 Å². The SMILES string of the molecule is CC(C)(C)OC(=O)N1CC(CCCC(=O)c2noc3c2CN(c2ncnc4[nH]ccc24)CC3)C1.O=C(CCCC1CNC1)c1noc2c1CN(c1ncnc3[nH]ccc13)CC2.O=CC(F)(F)F. The van der Waals surface area contributed by atoms with Gasteiger partial charge in [-0.2, -0.15) is 13.2 Å². The standard InChI is InChI=1S/C24H30N6O4.C19H22N6O2.C2HF3O/c1-24(2,3)33-23(32)30-11-15(12-30)5-4-6-18(31)20-17-13-29(10-8-19(17)34-28-20)22-16-7-9-25-21(16)26-14-27-22;26-15(3-1-2-12-8-20-9-12)17-14-10-25(7-5-16(14)27-24-17)19-13-4-6-21-18(13)22-11-23-19;3-2(4,5)1-6/h7,9,14-15H,4-6,8,10-13H2,1-3H3,(H,25,26,27);4,6,11-12,20H,1-3,5,7-10H2,(H,21,22,23);1H. The predicted molar refractivity (Wildman–Crippen MR) is 236 cm³/mol. The van der Waals surface area contributed by atoms with E-state index < -0.39 is 18.1 Å². The lowest BCUT2D eigenvalue weighted by Crippen LogP contribution is -2.51. The summed E-state index contributed by atoms with van der Waals surface area (Å²) in [6.45, 7) is 11.8. The lowest BCUT2D eigenvalue weighted by atomic mass is 9.93. The molecule has 1 amide bonds. The maximum absolute atomic E-state index is 13.0. The third-order valence-corrected chi connectivity index (χ3v) is 12.1. The maximum atomic E-state index is 13.0. The van der Waals surface area contributed by atoms with Gasteiger partial charge in [-0.1, -0.05) is 10.3 Å². The molecular formula is C45H53F3N12O7. The lowest BCUT2D eigenvalue weighted by molar-refractivity contribution is -0.156. The van der Waals surface area contributed by atoms with Crippen LogP contribution in [0.3, 0.4) is 0 Å². The number of aromatic nitrogens is 8. The van der Waals surface area contributed by atoms with Crippen molar-refractivity contribution < 1.29 is 46.1 Å². The van der Waals surface area contributed by atoms with E-state index in [1.165, 1.54) is 0 Å². The quantitative estimate of drug-likeness (QED) is 0.0871. The van der Waals surface area contributed by atoms with Crippen LogP contribution < -0.4 is 15.1 Å². The zero-order valence-electron chi connectivity index (χ0n) is 37.5. The summed E-state index contributed by atoms with van der Waals surface area (Å²) in [5.41, 5.74) is 3.83. The summed E-state index contributed by atoms with van der Waals surface area (Å²) in [5, 5.41) is 13.4. The molecule has 2 fully saturated rings. The first kappa shape index (κ1) is 46.8. The van der Waals surface area contributed by atoms with Gasteiger partial charge in [0.25, 0.3) is 0 Å². The zero-order chi connectivity index (χ0) is 47.3. The Labute approximate surface area is 382 Å². The van der Waals surface area contributed by atoms with Crippen molar-refractivity contribution in [3.05, 3.63) is 71.2 Å². The Morgan fingerprint density at radius 2 is 1.24 bits per heavy atom. The van der Waals surface area contributed by atoms with Crippen molar-refractivity contribution in [2.75, 3.05) is 49.1 Å². The molecule has 0 radical (unpaired) electrons. The number of nitrogens with one attached hydrogen (secondary N) is 3.